The number of anilines is 1. The van der Waals surface area contributed by atoms with Crippen molar-refractivity contribution in [2.45, 2.75) is 18.9 Å². The molecule has 1 saturated heterocycles. The maximum Gasteiger partial charge on any atom is 0.138 e. The molecule has 0 saturated carbocycles. The summed E-state index contributed by atoms with van der Waals surface area (Å²) in [5.74, 6) is 0. The summed E-state index contributed by atoms with van der Waals surface area (Å²) in [6, 6.07) is 6.26. The molecular formula is C13H16ClN5. The topological polar surface area (TPSA) is 54.8 Å². The lowest BCUT2D eigenvalue weighted by Gasteiger charge is -2.26. The Morgan fingerprint density at radius 3 is 3.11 bits per heavy atom. The van der Waals surface area contributed by atoms with Crippen LogP contribution in [0.15, 0.2) is 30.9 Å². The first kappa shape index (κ1) is 12.4. The molecule has 19 heavy (non-hydrogen) atoms. The molecule has 1 unspecified atom stereocenters. The summed E-state index contributed by atoms with van der Waals surface area (Å²) in [6.07, 6.45) is 5.52. The van der Waals surface area contributed by atoms with E-state index < -0.39 is 0 Å². The van der Waals surface area contributed by atoms with Crippen molar-refractivity contribution in [1.82, 2.24) is 20.1 Å². The predicted octanol–water partition coefficient (Wildman–Crippen LogP) is 2.08. The average molecular weight is 278 g/mol. The Morgan fingerprint density at radius 2 is 2.37 bits per heavy atom. The fourth-order valence-corrected chi connectivity index (χ4v) is 2.64. The van der Waals surface area contributed by atoms with Crippen LogP contribution in [0.4, 0.5) is 5.69 Å². The molecule has 1 atom stereocenters. The van der Waals surface area contributed by atoms with E-state index in [0.29, 0.717) is 11.1 Å². The maximum atomic E-state index is 6.29. The van der Waals surface area contributed by atoms with Gasteiger partial charge >= 0.3 is 0 Å². The molecule has 0 spiro atoms. The van der Waals surface area contributed by atoms with E-state index in [1.807, 2.05) is 18.2 Å². The SMILES string of the molecule is Clc1cccc(NC2CCCNC2)c1-n1cncn1. The van der Waals surface area contributed by atoms with Gasteiger partial charge in [0.2, 0.25) is 0 Å². The second-order valence-electron chi connectivity index (χ2n) is 4.66. The minimum absolute atomic E-state index is 0.425. The Morgan fingerprint density at radius 1 is 1.42 bits per heavy atom. The van der Waals surface area contributed by atoms with Crippen molar-refractivity contribution in [1.29, 1.82) is 0 Å². The molecule has 2 aromatic rings. The van der Waals surface area contributed by atoms with E-state index in [4.69, 9.17) is 11.6 Å². The molecular weight excluding hydrogens is 262 g/mol. The van der Waals surface area contributed by atoms with Gasteiger partial charge in [0.1, 0.15) is 18.3 Å². The van der Waals surface area contributed by atoms with Gasteiger partial charge in [-0.1, -0.05) is 17.7 Å². The van der Waals surface area contributed by atoms with Crippen molar-refractivity contribution in [2.75, 3.05) is 18.4 Å². The summed E-state index contributed by atoms with van der Waals surface area (Å²) in [6.45, 7) is 2.08. The molecule has 0 radical (unpaired) electrons. The van der Waals surface area contributed by atoms with E-state index in [-0.39, 0.29) is 0 Å². The van der Waals surface area contributed by atoms with Crippen LogP contribution in [0.3, 0.4) is 0 Å². The van der Waals surface area contributed by atoms with Crippen LogP contribution in [0.25, 0.3) is 5.69 Å². The van der Waals surface area contributed by atoms with Gasteiger partial charge in [-0.05, 0) is 31.5 Å². The van der Waals surface area contributed by atoms with Gasteiger partial charge in [-0.2, -0.15) is 5.10 Å². The number of benzene rings is 1. The van der Waals surface area contributed by atoms with Crippen LogP contribution in [-0.2, 0) is 0 Å². The van der Waals surface area contributed by atoms with Crippen molar-refractivity contribution in [2.24, 2.45) is 0 Å². The van der Waals surface area contributed by atoms with Crippen molar-refractivity contribution in [3.8, 4) is 5.69 Å². The average Bonchev–Trinajstić information content (AvgIpc) is 2.94. The zero-order valence-electron chi connectivity index (χ0n) is 10.5. The van der Waals surface area contributed by atoms with E-state index in [1.54, 1.807) is 11.0 Å². The van der Waals surface area contributed by atoms with Gasteiger partial charge in [0.25, 0.3) is 0 Å². The zero-order chi connectivity index (χ0) is 13.1. The van der Waals surface area contributed by atoms with Gasteiger partial charge in [0.15, 0.2) is 0 Å². The van der Waals surface area contributed by atoms with Crippen LogP contribution >= 0.6 is 11.6 Å². The number of piperidine rings is 1. The lowest BCUT2D eigenvalue weighted by molar-refractivity contribution is 0.479. The van der Waals surface area contributed by atoms with Crippen LogP contribution in [0.1, 0.15) is 12.8 Å². The van der Waals surface area contributed by atoms with E-state index in [1.165, 1.54) is 12.7 Å². The van der Waals surface area contributed by atoms with Crippen molar-refractivity contribution < 1.29 is 0 Å². The predicted molar refractivity (Wildman–Crippen MR) is 75.9 cm³/mol. The van der Waals surface area contributed by atoms with Crippen molar-refractivity contribution in [3.63, 3.8) is 0 Å². The molecule has 1 aromatic carbocycles. The number of aromatic nitrogens is 3. The van der Waals surface area contributed by atoms with Crippen LogP contribution in [0.5, 0.6) is 0 Å². The standard InChI is InChI=1S/C13H16ClN5/c14-11-4-1-5-12(13(11)19-9-16-8-17-19)18-10-3-2-6-15-7-10/h1,4-5,8-10,15,18H,2-3,6-7H2. The summed E-state index contributed by atoms with van der Waals surface area (Å²) in [5.41, 5.74) is 1.85. The molecule has 6 heteroatoms. The normalized spacial score (nSPS) is 19.3. The molecule has 1 aliphatic rings. The van der Waals surface area contributed by atoms with E-state index in [9.17, 15) is 0 Å². The summed E-state index contributed by atoms with van der Waals surface area (Å²) >= 11 is 6.29. The number of nitrogens with zero attached hydrogens (tertiary/aromatic N) is 3. The maximum absolute atomic E-state index is 6.29. The molecule has 0 amide bonds. The van der Waals surface area contributed by atoms with Crippen LogP contribution in [0, 0.1) is 0 Å². The minimum Gasteiger partial charge on any atom is -0.379 e. The van der Waals surface area contributed by atoms with E-state index in [2.05, 4.69) is 20.7 Å². The molecule has 1 aliphatic heterocycles. The Kier molecular flexibility index (Phi) is 3.66. The molecule has 1 aromatic heterocycles. The number of para-hydroxylation sites is 1. The molecule has 5 nitrogen and oxygen atoms in total. The fourth-order valence-electron chi connectivity index (χ4n) is 2.38. The second-order valence-corrected chi connectivity index (χ2v) is 5.07. The smallest absolute Gasteiger partial charge is 0.138 e. The molecule has 0 bridgehead atoms. The molecule has 2 N–H and O–H groups in total. The Balaban J connectivity index is 1.90. The molecule has 0 aliphatic carbocycles. The van der Waals surface area contributed by atoms with E-state index >= 15 is 0 Å². The van der Waals surface area contributed by atoms with Crippen LogP contribution in [0.2, 0.25) is 5.02 Å². The Bertz CT molecular complexity index is 534. The monoisotopic (exact) mass is 277 g/mol. The Hall–Kier alpha value is -1.59. The summed E-state index contributed by atoms with van der Waals surface area (Å²) in [4.78, 5) is 3.98. The summed E-state index contributed by atoms with van der Waals surface area (Å²) in [7, 11) is 0. The largest absolute Gasteiger partial charge is 0.379 e. The second kappa shape index (κ2) is 5.59. The van der Waals surface area contributed by atoms with Gasteiger partial charge in [-0.3, -0.25) is 0 Å². The van der Waals surface area contributed by atoms with Gasteiger partial charge in [-0.15, -0.1) is 0 Å². The summed E-state index contributed by atoms with van der Waals surface area (Å²) in [5, 5.41) is 11.8. The first-order valence-corrected chi connectivity index (χ1v) is 6.83. The highest BCUT2D eigenvalue weighted by molar-refractivity contribution is 6.33. The zero-order valence-corrected chi connectivity index (χ0v) is 11.3. The fraction of sp³-hybridized carbons (Fsp3) is 0.385. The van der Waals surface area contributed by atoms with Crippen molar-refractivity contribution >= 4 is 17.3 Å². The first-order chi connectivity index (χ1) is 9.34. The molecule has 3 rings (SSSR count). The number of halogens is 1. The van der Waals surface area contributed by atoms with Crippen molar-refractivity contribution in [3.05, 3.63) is 35.9 Å². The molecule has 100 valence electrons. The quantitative estimate of drug-likeness (QED) is 0.902. The number of hydrogen-bond acceptors (Lipinski definition) is 4. The third-order valence-corrected chi connectivity index (χ3v) is 3.60. The van der Waals surface area contributed by atoms with Gasteiger partial charge in [-0.25, -0.2) is 9.67 Å². The lowest BCUT2D eigenvalue weighted by Crippen LogP contribution is -2.38. The number of nitrogens with one attached hydrogen (secondary N) is 2. The third-order valence-electron chi connectivity index (χ3n) is 3.29. The van der Waals surface area contributed by atoms with Gasteiger partial charge < -0.3 is 10.6 Å². The highest BCUT2D eigenvalue weighted by Crippen LogP contribution is 2.28. The molecule has 1 fully saturated rings. The summed E-state index contributed by atoms with van der Waals surface area (Å²) < 4.78 is 1.70. The minimum atomic E-state index is 0.425. The lowest BCUT2D eigenvalue weighted by atomic mass is 10.1. The van der Waals surface area contributed by atoms with Crippen LogP contribution < -0.4 is 10.6 Å². The van der Waals surface area contributed by atoms with E-state index in [0.717, 1.165) is 30.9 Å². The third kappa shape index (κ3) is 2.72. The highest BCUT2D eigenvalue weighted by atomic mass is 35.5. The van der Waals surface area contributed by atoms with Crippen LogP contribution in [-0.4, -0.2) is 33.9 Å². The number of rotatable bonds is 3. The Labute approximate surface area is 117 Å². The molecule has 2 heterocycles. The van der Waals surface area contributed by atoms with Gasteiger partial charge in [0, 0.05) is 12.6 Å². The first-order valence-electron chi connectivity index (χ1n) is 6.45. The number of hydrogen-bond donors (Lipinski definition) is 2. The highest BCUT2D eigenvalue weighted by Gasteiger charge is 2.16. The van der Waals surface area contributed by atoms with Gasteiger partial charge in [0.05, 0.1) is 10.7 Å².